The van der Waals surface area contributed by atoms with Gasteiger partial charge in [0.05, 0.1) is 18.6 Å². The average molecular weight is 374 g/mol. The Hall–Kier alpha value is -2.54. The van der Waals surface area contributed by atoms with Crippen molar-refractivity contribution in [1.82, 2.24) is 0 Å². The zero-order chi connectivity index (χ0) is 18.6. The van der Waals surface area contributed by atoms with Gasteiger partial charge in [0.1, 0.15) is 5.75 Å². The molecule has 1 amide bonds. The van der Waals surface area contributed by atoms with E-state index in [-0.39, 0.29) is 18.1 Å². The molecule has 1 heterocycles. The number of sulfonamides is 1. The Kier molecular flexibility index (Phi) is 5.46. The lowest BCUT2D eigenvalue weighted by Crippen LogP contribution is -2.37. The molecular formula is C19H22N2O4S. The molecule has 1 aliphatic rings. The van der Waals surface area contributed by atoms with Crippen molar-refractivity contribution in [3.05, 3.63) is 54.1 Å². The number of rotatable bonds is 6. The Labute approximate surface area is 153 Å². The van der Waals surface area contributed by atoms with Gasteiger partial charge in [0.15, 0.2) is 0 Å². The number of hydrogen-bond donors (Lipinski definition) is 1. The first-order valence-corrected chi connectivity index (χ1v) is 10.1. The highest BCUT2D eigenvalue weighted by atomic mass is 32.2. The number of nitrogens with zero attached hydrogens (tertiary/aromatic N) is 1. The van der Waals surface area contributed by atoms with Crippen molar-refractivity contribution in [2.45, 2.75) is 19.3 Å². The summed E-state index contributed by atoms with van der Waals surface area (Å²) in [6.07, 6.45) is 1.56. The normalized spacial score (nSPS) is 13.8. The SMILES string of the molecule is COc1cccc(NC(=O)CCS(=O)(=O)N2CCCc3ccccc32)c1. The van der Waals surface area contributed by atoms with Gasteiger partial charge in [0, 0.05) is 24.7 Å². The van der Waals surface area contributed by atoms with Crippen molar-refractivity contribution < 1.29 is 17.9 Å². The zero-order valence-corrected chi connectivity index (χ0v) is 15.5. The molecule has 6 nitrogen and oxygen atoms in total. The van der Waals surface area contributed by atoms with Crippen LogP contribution in [-0.2, 0) is 21.2 Å². The Morgan fingerprint density at radius 3 is 2.81 bits per heavy atom. The molecule has 26 heavy (non-hydrogen) atoms. The molecule has 0 saturated carbocycles. The molecule has 0 unspecified atom stereocenters. The third kappa shape index (κ3) is 4.16. The summed E-state index contributed by atoms with van der Waals surface area (Å²) in [7, 11) is -2.00. The molecule has 3 rings (SSSR count). The summed E-state index contributed by atoms with van der Waals surface area (Å²) in [5.74, 6) is 0.0596. The molecule has 138 valence electrons. The van der Waals surface area contributed by atoms with Crippen LogP contribution in [0.3, 0.4) is 0 Å². The van der Waals surface area contributed by atoms with Crippen LogP contribution in [0, 0.1) is 0 Å². The van der Waals surface area contributed by atoms with E-state index in [1.54, 1.807) is 31.4 Å². The first-order valence-electron chi connectivity index (χ1n) is 8.52. The lowest BCUT2D eigenvalue weighted by atomic mass is 10.0. The van der Waals surface area contributed by atoms with Crippen molar-refractivity contribution in [3.8, 4) is 5.75 Å². The maximum atomic E-state index is 12.7. The van der Waals surface area contributed by atoms with E-state index in [0.29, 0.717) is 18.0 Å². The van der Waals surface area contributed by atoms with Crippen LogP contribution in [-0.4, -0.2) is 33.7 Å². The molecule has 1 N–H and O–H groups in total. The molecule has 0 bridgehead atoms. The van der Waals surface area contributed by atoms with Crippen LogP contribution in [0.4, 0.5) is 11.4 Å². The number of aryl methyl sites for hydroxylation is 1. The zero-order valence-electron chi connectivity index (χ0n) is 14.6. The van der Waals surface area contributed by atoms with E-state index in [2.05, 4.69) is 5.32 Å². The number of hydrogen-bond acceptors (Lipinski definition) is 4. The number of methoxy groups -OCH3 is 1. The minimum atomic E-state index is -3.55. The summed E-state index contributed by atoms with van der Waals surface area (Å²) < 4.78 is 32.0. The third-order valence-corrected chi connectivity index (χ3v) is 6.11. The van der Waals surface area contributed by atoms with E-state index in [1.165, 1.54) is 4.31 Å². The fourth-order valence-electron chi connectivity index (χ4n) is 3.04. The quantitative estimate of drug-likeness (QED) is 0.844. The molecular weight excluding hydrogens is 352 g/mol. The van der Waals surface area contributed by atoms with Gasteiger partial charge in [-0.15, -0.1) is 0 Å². The number of ether oxygens (including phenoxy) is 1. The lowest BCUT2D eigenvalue weighted by molar-refractivity contribution is -0.115. The van der Waals surface area contributed by atoms with E-state index in [1.807, 2.05) is 24.3 Å². The van der Waals surface area contributed by atoms with Gasteiger partial charge in [-0.05, 0) is 36.6 Å². The van der Waals surface area contributed by atoms with Gasteiger partial charge in [0.25, 0.3) is 0 Å². The fraction of sp³-hybridized carbons (Fsp3) is 0.316. The second kappa shape index (κ2) is 7.78. The van der Waals surface area contributed by atoms with Crippen molar-refractivity contribution >= 4 is 27.3 Å². The van der Waals surface area contributed by atoms with E-state index in [0.717, 1.165) is 24.1 Å². The highest BCUT2D eigenvalue weighted by molar-refractivity contribution is 7.92. The number of amides is 1. The van der Waals surface area contributed by atoms with Crippen LogP contribution >= 0.6 is 0 Å². The maximum Gasteiger partial charge on any atom is 0.235 e. The van der Waals surface area contributed by atoms with Crippen LogP contribution in [0.5, 0.6) is 5.75 Å². The Bertz CT molecular complexity index is 896. The average Bonchev–Trinajstić information content (AvgIpc) is 2.66. The summed E-state index contributed by atoms with van der Waals surface area (Å²) in [4.78, 5) is 12.2. The second-order valence-electron chi connectivity index (χ2n) is 6.15. The number of anilines is 2. The standard InChI is InChI=1S/C19H22N2O4S/c1-25-17-9-4-8-16(14-17)20-19(22)11-13-26(23,24)21-12-5-7-15-6-2-3-10-18(15)21/h2-4,6,8-10,14H,5,7,11-13H2,1H3,(H,20,22). The largest absolute Gasteiger partial charge is 0.497 e. The Morgan fingerprint density at radius 1 is 1.19 bits per heavy atom. The number of para-hydroxylation sites is 1. The molecule has 0 spiro atoms. The number of carbonyl (C=O) groups excluding carboxylic acids is 1. The predicted molar refractivity (Wildman–Crippen MR) is 102 cm³/mol. The summed E-state index contributed by atoms with van der Waals surface area (Å²) in [5.41, 5.74) is 2.34. The van der Waals surface area contributed by atoms with Gasteiger partial charge in [0.2, 0.25) is 15.9 Å². The molecule has 1 aliphatic heterocycles. The minimum Gasteiger partial charge on any atom is -0.497 e. The number of benzene rings is 2. The van der Waals surface area contributed by atoms with Gasteiger partial charge in [-0.3, -0.25) is 9.10 Å². The number of fused-ring (bicyclic) bond motifs is 1. The summed E-state index contributed by atoms with van der Waals surface area (Å²) in [5, 5.41) is 2.71. The molecule has 2 aromatic carbocycles. The summed E-state index contributed by atoms with van der Waals surface area (Å²) in [6, 6.07) is 14.5. The van der Waals surface area contributed by atoms with Gasteiger partial charge < -0.3 is 10.1 Å². The van der Waals surface area contributed by atoms with Gasteiger partial charge in [-0.25, -0.2) is 8.42 Å². The molecule has 0 atom stereocenters. The fourth-order valence-corrected chi connectivity index (χ4v) is 4.59. The van der Waals surface area contributed by atoms with Gasteiger partial charge in [-0.2, -0.15) is 0 Å². The second-order valence-corrected chi connectivity index (χ2v) is 8.16. The van der Waals surface area contributed by atoms with Crippen LogP contribution in [0.1, 0.15) is 18.4 Å². The van der Waals surface area contributed by atoms with Crippen LogP contribution in [0.25, 0.3) is 0 Å². The van der Waals surface area contributed by atoms with Crippen molar-refractivity contribution in [2.24, 2.45) is 0 Å². The molecule has 2 aromatic rings. The molecule has 0 radical (unpaired) electrons. The Morgan fingerprint density at radius 2 is 2.00 bits per heavy atom. The first kappa shape index (κ1) is 18.3. The van der Waals surface area contributed by atoms with E-state index in [4.69, 9.17) is 4.74 Å². The molecule has 0 fully saturated rings. The number of nitrogens with one attached hydrogen (secondary N) is 1. The van der Waals surface area contributed by atoms with E-state index in [9.17, 15) is 13.2 Å². The predicted octanol–water partition coefficient (Wildman–Crippen LogP) is 2.81. The van der Waals surface area contributed by atoms with Crippen molar-refractivity contribution in [2.75, 3.05) is 29.0 Å². The highest BCUT2D eigenvalue weighted by Gasteiger charge is 2.27. The minimum absolute atomic E-state index is 0.0990. The topological polar surface area (TPSA) is 75.7 Å². The van der Waals surface area contributed by atoms with E-state index >= 15 is 0 Å². The summed E-state index contributed by atoms with van der Waals surface area (Å²) >= 11 is 0. The number of carbonyl (C=O) groups is 1. The molecule has 7 heteroatoms. The third-order valence-electron chi connectivity index (χ3n) is 4.34. The summed E-state index contributed by atoms with van der Waals surface area (Å²) in [6.45, 7) is 0.455. The lowest BCUT2D eigenvalue weighted by Gasteiger charge is -2.30. The molecule has 0 aliphatic carbocycles. The van der Waals surface area contributed by atoms with Crippen molar-refractivity contribution in [3.63, 3.8) is 0 Å². The molecule has 0 saturated heterocycles. The molecule has 0 aromatic heterocycles. The van der Waals surface area contributed by atoms with E-state index < -0.39 is 10.0 Å². The highest BCUT2D eigenvalue weighted by Crippen LogP contribution is 2.29. The first-order chi connectivity index (χ1) is 12.5. The van der Waals surface area contributed by atoms with Gasteiger partial charge in [-0.1, -0.05) is 24.3 Å². The Balaban J connectivity index is 1.64. The van der Waals surface area contributed by atoms with Crippen molar-refractivity contribution in [1.29, 1.82) is 0 Å². The smallest absolute Gasteiger partial charge is 0.235 e. The van der Waals surface area contributed by atoms with Crippen LogP contribution in [0.15, 0.2) is 48.5 Å². The maximum absolute atomic E-state index is 12.7. The van der Waals surface area contributed by atoms with Crippen LogP contribution < -0.4 is 14.4 Å². The van der Waals surface area contributed by atoms with Gasteiger partial charge >= 0.3 is 0 Å². The van der Waals surface area contributed by atoms with Crippen LogP contribution in [0.2, 0.25) is 0 Å². The monoisotopic (exact) mass is 374 g/mol.